The summed E-state index contributed by atoms with van der Waals surface area (Å²) < 4.78 is 10.3. The van der Waals surface area contributed by atoms with Gasteiger partial charge in [-0.25, -0.2) is 0 Å². The number of nitrogens with zero attached hydrogens (tertiary/aromatic N) is 2. The maximum atomic E-state index is 12.4. The molecule has 0 saturated carbocycles. The number of aliphatic hydroxyl groups excluding tert-OH is 4. The van der Waals surface area contributed by atoms with Crippen molar-refractivity contribution in [1.29, 1.82) is 5.26 Å². The van der Waals surface area contributed by atoms with Gasteiger partial charge in [-0.15, -0.1) is 0 Å². The van der Waals surface area contributed by atoms with E-state index in [1.54, 1.807) is 12.1 Å². The summed E-state index contributed by atoms with van der Waals surface area (Å²) in [6.45, 7) is 4.81. The van der Waals surface area contributed by atoms with Crippen LogP contribution in [0.1, 0.15) is 5.56 Å². The number of anilines is 1. The number of nitriles is 1. The number of hydrogen-bond acceptors (Lipinski definition) is 10. The van der Waals surface area contributed by atoms with Gasteiger partial charge < -0.3 is 40.5 Å². The van der Waals surface area contributed by atoms with Gasteiger partial charge >= 0.3 is 0 Å². The topological polar surface area (TPSA) is 168 Å². The lowest BCUT2D eigenvalue weighted by Gasteiger charge is -2.38. The van der Waals surface area contributed by atoms with Crippen LogP contribution in [0.15, 0.2) is 29.8 Å². The second kappa shape index (κ2) is 12.1. The van der Waals surface area contributed by atoms with Gasteiger partial charge in [0.15, 0.2) is 6.29 Å². The third-order valence-electron chi connectivity index (χ3n) is 5.60. The summed E-state index contributed by atoms with van der Waals surface area (Å²) in [6, 6.07) is 9.12. The summed E-state index contributed by atoms with van der Waals surface area (Å²) in [5.41, 5.74) is 1.42. The second-order valence-electron chi connectivity index (χ2n) is 7.92. The van der Waals surface area contributed by atoms with Gasteiger partial charge in [-0.2, -0.15) is 5.26 Å². The molecule has 2 saturated heterocycles. The number of carbonyl (C=O) groups is 1. The first-order chi connectivity index (χ1) is 15.9. The number of carbonyl (C=O) groups excluding carboxylic acids is 1. The number of ether oxygens (including phenoxy) is 2. The van der Waals surface area contributed by atoms with E-state index in [0.717, 1.165) is 45.1 Å². The molecular weight excluding hydrogens is 432 g/mol. The van der Waals surface area contributed by atoms with Gasteiger partial charge in [0, 0.05) is 38.4 Å². The molecule has 0 spiro atoms. The van der Waals surface area contributed by atoms with Crippen molar-refractivity contribution in [2.45, 2.75) is 30.7 Å². The van der Waals surface area contributed by atoms with E-state index in [-0.39, 0.29) is 12.1 Å². The van der Waals surface area contributed by atoms with E-state index in [2.05, 4.69) is 15.5 Å². The highest BCUT2D eigenvalue weighted by Crippen LogP contribution is 2.19. The molecule has 3 rings (SSSR count). The third kappa shape index (κ3) is 6.96. The molecule has 180 valence electrons. The van der Waals surface area contributed by atoms with Crippen molar-refractivity contribution in [3.8, 4) is 6.07 Å². The zero-order chi connectivity index (χ0) is 23.8. The molecule has 1 unspecified atom stereocenters. The van der Waals surface area contributed by atoms with Crippen molar-refractivity contribution < 1.29 is 34.7 Å². The maximum Gasteiger partial charge on any atom is 0.262 e. The highest BCUT2D eigenvalue weighted by molar-refractivity contribution is 6.01. The Morgan fingerprint density at radius 1 is 1.12 bits per heavy atom. The zero-order valence-corrected chi connectivity index (χ0v) is 18.1. The number of amides is 1. The normalized spacial score (nSPS) is 28.7. The lowest BCUT2D eigenvalue weighted by Crippen LogP contribution is -2.60. The van der Waals surface area contributed by atoms with Crippen LogP contribution in [0.4, 0.5) is 5.69 Å². The predicted molar refractivity (Wildman–Crippen MR) is 118 cm³/mol. The van der Waals surface area contributed by atoms with Gasteiger partial charge in [-0.05, 0) is 23.8 Å². The summed E-state index contributed by atoms with van der Waals surface area (Å²) in [5.74, 6) is -0.698. The van der Waals surface area contributed by atoms with Crippen LogP contribution < -0.4 is 10.6 Å². The van der Waals surface area contributed by atoms with Gasteiger partial charge in [0.25, 0.3) is 5.91 Å². The average Bonchev–Trinajstić information content (AvgIpc) is 2.84. The van der Waals surface area contributed by atoms with Gasteiger partial charge in [0.1, 0.15) is 36.1 Å². The van der Waals surface area contributed by atoms with Crippen molar-refractivity contribution in [1.82, 2.24) is 10.2 Å². The Bertz CT molecular complexity index is 851. The Kier molecular flexibility index (Phi) is 9.16. The number of benzene rings is 1. The number of aliphatic hydroxyl groups is 4. The van der Waals surface area contributed by atoms with E-state index in [1.165, 1.54) is 6.08 Å². The lowest BCUT2D eigenvalue weighted by molar-refractivity contribution is -0.280. The second-order valence-corrected chi connectivity index (χ2v) is 7.92. The smallest absolute Gasteiger partial charge is 0.262 e. The van der Waals surface area contributed by atoms with Crippen molar-refractivity contribution >= 4 is 17.7 Å². The van der Waals surface area contributed by atoms with E-state index in [1.807, 2.05) is 18.2 Å². The van der Waals surface area contributed by atoms with Crippen molar-refractivity contribution in [2.24, 2.45) is 0 Å². The third-order valence-corrected chi connectivity index (χ3v) is 5.60. The van der Waals surface area contributed by atoms with E-state index in [0.29, 0.717) is 5.56 Å². The molecule has 11 heteroatoms. The molecule has 5 atom stereocenters. The number of rotatable bonds is 8. The zero-order valence-electron chi connectivity index (χ0n) is 18.1. The first-order valence-corrected chi connectivity index (χ1v) is 10.8. The van der Waals surface area contributed by atoms with Crippen molar-refractivity contribution in [3.05, 3.63) is 35.4 Å². The monoisotopic (exact) mass is 462 g/mol. The molecule has 1 amide bonds. The Balaban J connectivity index is 1.49. The summed E-state index contributed by atoms with van der Waals surface area (Å²) in [5, 5.41) is 53.8. The molecule has 0 aliphatic carbocycles. The standard InChI is InChI=1S/C22H30N4O7/c23-12-15(21(30)25-13-17-18(27)19(28)20(29)22(31)33-17)11-14-1-3-16(4-2-14)24-5-6-26-7-9-32-10-8-26/h1-4,11,17-20,22,24,27-29,31H,5-10,13H2,(H,25,30)/b15-11+/t17-,18-,19+,20-,22?/m1/s1. The molecule has 2 aliphatic rings. The molecule has 2 fully saturated rings. The fourth-order valence-corrected chi connectivity index (χ4v) is 3.58. The molecule has 0 radical (unpaired) electrons. The minimum Gasteiger partial charge on any atom is -0.388 e. The molecule has 2 aliphatic heterocycles. The van der Waals surface area contributed by atoms with Crippen LogP contribution in [0.3, 0.4) is 0 Å². The fourth-order valence-electron chi connectivity index (χ4n) is 3.58. The molecular formula is C22H30N4O7. The number of morpholine rings is 1. The van der Waals surface area contributed by atoms with Gasteiger partial charge in [0.2, 0.25) is 0 Å². The minimum atomic E-state index is -1.70. The van der Waals surface area contributed by atoms with Crippen molar-refractivity contribution in [3.63, 3.8) is 0 Å². The van der Waals surface area contributed by atoms with Gasteiger partial charge in [0.05, 0.1) is 13.2 Å². The van der Waals surface area contributed by atoms with E-state index in [9.17, 15) is 30.5 Å². The Morgan fingerprint density at radius 2 is 1.82 bits per heavy atom. The predicted octanol–water partition coefficient (Wildman–Crippen LogP) is -1.75. The van der Waals surface area contributed by atoms with Crippen LogP contribution in [0, 0.1) is 11.3 Å². The van der Waals surface area contributed by atoms with Crippen LogP contribution in [-0.2, 0) is 14.3 Å². The Labute approximate surface area is 191 Å². The fraction of sp³-hybridized carbons (Fsp3) is 0.545. The van der Waals surface area contributed by atoms with Crippen LogP contribution in [0.5, 0.6) is 0 Å². The SMILES string of the molecule is N#C/C(=C\c1ccc(NCCN2CCOCC2)cc1)C(=O)NC[C@H]1OC(O)[C@H](O)[C@@H](O)[C@@H]1O. The van der Waals surface area contributed by atoms with Crippen LogP contribution >= 0.6 is 0 Å². The van der Waals surface area contributed by atoms with E-state index < -0.39 is 36.6 Å². The molecule has 2 heterocycles. The molecule has 1 aromatic rings. The van der Waals surface area contributed by atoms with Crippen LogP contribution in [0.2, 0.25) is 0 Å². The van der Waals surface area contributed by atoms with E-state index >= 15 is 0 Å². The summed E-state index contributed by atoms with van der Waals surface area (Å²) >= 11 is 0. The Hall–Kier alpha value is -2.56. The number of hydrogen-bond donors (Lipinski definition) is 6. The first-order valence-electron chi connectivity index (χ1n) is 10.8. The highest BCUT2D eigenvalue weighted by atomic mass is 16.6. The first kappa shape index (κ1) is 25.1. The lowest BCUT2D eigenvalue weighted by atomic mass is 9.99. The molecule has 6 N–H and O–H groups in total. The summed E-state index contributed by atoms with van der Waals surface area (Å²) in [7, 11) is 0. The van der Waals surface area contributed by atoms with Gasteiger partial charge in [-0.1, -0.05) is 12.1 Å². The molecule has 0 bridgehead atoms. The number of nitrogens with one attached hydrogen (secondary N) is 2. The van der Waals surface area contributed by atoms with Crippen LogP contribution in [-0.4, -0.2) is 108 Å². The summed E-state index contributed by atoms with van der Waals surface area (Å²) in [6.07, 6.45) is -6.21. The van der Waals surface area contributed by atoms with Gasteiger partial charge in [-0.3, -0.25) is 9.69 Å². The molecule has 33 heavy (non-hydrogen) atoms. The van der Waals surface area contributed by atoms with Crippen LogP contribution in [0.25, 0.3) is 6.08 Å². The molecule has 1 aromatic carbocycles. The molecule has 11 nitrogen and oxygen atoms in total. The minimum absolute atomic E-state index is 0.158. The maximum absolute atomic E-state index is 12.4. The van der Waals surface area contributed by atoms with Crippen molar-refractivity contribution in [2.75, 3.05) is 51.3 Å². The quantitative estimate of drug-likeness (QED) is 0.193. The molecule has 0 aromatic heterocycles. The Morgan fingerprint density at radius 3 is 2.48 bits per heavy atom. The largest absolute Gasteiger partial charge is 0.388 e. The summed E-state index contributed by atoms with van der Waals surface area (Å²) in [4.78, 5) is 14.7. The van der Waals surface area contributed by atoms with E-state index in [4.69, 9.17) is 9.47 Å². The average molecular weight is 463 g/mol. The highest BCUT2D eigenvalue weighted by Gasteiger charge is 2.42.